The van der Waals surface area contributed by atoms with Crippen LogP contribution in [0.3, 0.4) is 0 Å². The lowest BCUT2D eigenvalue weighted by Crippen LogP contribution is -2.58. The zero-order valence-electron chi connectivity index (χ0n) is 10.1. The SMILES string of the molecule is Nc1nc2c(c(=O)[nH]1)NC(C(O)C(O)CO)C(O)N2[O-]. The van der Waals surface area contributed by atoms with Crippen molar-refractivity contribution in [3.05, 3.63) is 15.6 Å². The van der Waals surface area contributed by atoms with Crippen molar-refractivity contribution in [1.29, 1.82) is 0 Å². The molecule has 4 atom stereocenters. The lowest BCUT2D eigenvalue weighted by atomic mass is 10.0. The van der Waals surface area contributed by atoms with Crippen molar-refractivity contribution in [2.75, 3.05) is 22.7 Å². The van der Waals surface area contributed by atoms with E-state index in [1.165, 1.54) is 0 Å². The molecular formula is C9H14N5O6-. The van der Waals surface area contributed by atoms with Gasteiger partial charge in [-0.15, -0.1) is 0 Å². The van der Waals surface area contributed by atoms with Crippen molar-refractivity contribution in [3.8, 4) is 0 Å². The molecule has 11 nitrogen and oxygen atoms in total. The van der Waals surface area contributed by atoms with E-state index < -0.39 is 42.5 Å². The summed E-state index contributed by atoms with van der Waals surface area (Å²) in [7, 11) is 0. The van der Waals surface area contributed by atoms with Gasteiger partial charge in [-0.05, 0) is 0 Å². The number of H-pyrrole nitrogens is 1. The summed E-state index contributed by atoms with van der Waals surface area (Å²) in [5.74, 6) is -0.737. The molecule has 8 N–H and O–H groups in total. The molecule has 0 radical (unpaired) electrons. The Hall–Kier alpha value is -1.92. The first-order valence-electron chi connectivity index (χ1n) is 5.64. The zero-order valence-corrected chi connectivity index (χ0v) is 10.1. The van der Waals surface area contributed by atoms with E-state index >= 15 is 0 Å². The second kappa shape index (κ2) is 5.22. The maximum atomic E-state index is 11.8. The van der Waals surface area contributed by atoms with Crippen molar-refractivity contribution in [2.24, 2.45) is 0 Å². The van der Waals surface area contributed by atoms with Crippen LogP contribution in [0.25, 0.3) is 0 Å². The summed E-state index contributed by atoms with van der Waals surface area (Å²) >= 11 is 0. The number of aromatic amines is 1. The fraction of sp³-hybridized carbons (Fsp3) is 0.556. The molecule has 0 saturated carbocycles. The molecule has 0 bridgehead atoms. The number of nitrogens with zero attached hydrogens (tertiary/aromatic N) is 2. The number of hydroxylamine groups is 1. The minimum absolute atomic E-state index is 0.00455. The van der Waals surface area contributed by atoms with Gasteiger partial charge in [-0.25, -0.2) is 0 Å². The molecule has 112 valence electrons. The van der Waals surface area contributed by atoms with Crippen molar-refractivity contribution < 1.29 is 20.4 Å². The first-order valence-corrected chi connectivity index (χ1v) is 5.64. The van der Waals surface area contributed by atoms with E-state index in [0.29, 0.717) is 0 Å². The van der Waals surface area contributed by atoms with Crippen LogP contribution in [0.1, 0.15) is 0 Å². The summed E-state index contributed by atoms with van der Waals surface area (Å²) in [6.45, 7) is -0.784. The van der Waals surface area contributed by atoms with Crippen LogP contribution in [0, 0.1) is 5.21 Å². The van der Waals surface area contributed by atoms with E-state index in [-0.39, 0.29) is 16.7 Å². The van der Waals surface area contributed by atoms with Crippen molar-refractivity contribution >= 4 is 17.5 Å². The largest absolute Gasteiger partial charge is 0.755 e. The third-order valence-electron chi connectivity index (χ3n) is 2.95. The fourth-order valence-corrected chi connectivity index (χ4v) is 1.89. The van der Waals surface area contributed by atoms with Gasteiger partial charge in [-0.1, -0.05) is 0 Å². The van der Waals surface area contributed by atoms with Gasteiger partial charge in [-0.3, -0.25) is 9.78 Å². The average Bonchev–Trinajstić information content (AvgIpc) is 2.41. The molecular weight excluding hydrogens is 274 g/mol. The van der Waals surface area contributed by atoms with Crippen LogP contribution in [0.15, 0.2) is 4.79 Å². The topological polar surface area (TPSA) is 191 Å². The smallest absolute Gasteiger partial charge is 0.277 e. The molecule has 1 aliphatic rings. The molecule has 0 amide bonds. The highest BCUT2D eigenvalue weighted by Crippen LogP contribution is 2.29. The number of nitrogens with two attached hydrogens (primary N) is 1. The second-order valence-corrected chi connectivity index (χ2v) is 4.30. The molecule has 0 fully saturated rings. The molecule has 0 aromatic carbocycles. The summed E-state index contributed by atoms with van der Waals surface area (Å²) in [5, 5.41) is 51.9. The van der Waals surface area contributed by atoms with E-state index in [4.69, 9.17) is 10.8 Å². The molecule has 11 heteroatoms. The van der Waals surface area contributed by atoms with Gasteiger partial charge in [0.2, 0.25) is 5.95 Å². The highest BCUT2D eigenvalue weighted by molar-refractivity contribution is 5.69. The lowest BCUT2D eigenvalue weighted by Gasteiger charge is -2.46. The van der Waals surface area contributed by atoms with Crippen LogP contribution in [-0.2, 0) is 0 Å². The van der Waals surface area contributed by atoms with E-state index in [1.54, 1.807) is 0 Å². The normalized spacial score (nSPS) is 24.8. The van der Waals surface area contributed by atoms with Crippen LogP contribution >= 0.6 is 0 Å². The van der Waals surface area contributed by atoms with Crippen LogP contribution in [0.5, 0.6) is 0 Å². The predicted octanol–water partition coefficient (Wildman–Crippen LogP) is -3.52. The molecule has 1 aliphatic heterocycles. The monoisotopic (exact) mass is 288 g/mol. The molecule has 1 aromatic heterocycles. The number of aliphatic hydroxyl groups is 4. The number of aliphatic hydroxyl groups excluding tert-OH is 4. The maximum Gasteiger partial charge on any atom is 0.277 e. The fourth-order valence-electron chi connectivity index (χ4n) is 1.89. The minimum atomic E-state index is -1.83. The van der Waals surface area contributed by atoms with Crippen LogP contribution in [-0.4, -0.2) is 61.5 Å². The van der Waals surface area contributed by atoms with Gasteiger partial charge in [0.15, 0.2) is 5.82 Å². The zero-order chi connectivity index (χ0) is 15.0. The summed E-state index contributed by atoms with van der Waals surface area (Å²) in [6, 6.07) is -1.39. The lowest BCUT2D eigenvalue weighted by molar-refractivity contribution is -0.0440. The molecule has 0 saturated heterocycles. The van der Waals surface area contributed by atoms with Gasteiger partial charge in [0.1, 0.15) is 24.1 Å². The Kier molecular flexibility index (Phi) is 3.78. The quantitative estimate of drug-likeness (QED) is 0.293. The Morgan fingerprint density at radius 3 is 2.75 bits per heavy atom. The molecule has 4 unspecified atom stereocenters. The number of hydrogen-bond acceptors (Lipinski definition) is 10. The van der Waals surface area contributed by atoms with Gasteiger partial charge < -0.3 is 41.7 Å². The Morgan fingerprint density at radius 2 is 2.15 bits per heavy atom. The second-order valence-electron chi connectivity index (χ2n) is 4.30. The highest BCUT2D eigenvalue weighted by Gasteiger charge is 2.38. The molecule has 2 heterocycles. The number of hydrogen-bond donors (Lipinski definition) is 7. The van der Waals surface area contributed by atoms with Crippen LogP contribution < -0.4 is 21.7 Å². The van der Waals surface area contributed by atoms with Gasteiger partial charge in [-0.2, -0.15) is 4.98 Å². The van der Waals surface area contributed by atoms with Crippen LogP contribution in [0.2, 0.25) is 0 Å². The summed E-state index contributed by atoms with van der Waals surface area (Å²) in [6.07, 6.45) is -5.11. The standard InChI is InChI=1S/C9H14N5O6/c10-9-12-6-4(7(18)13-9)11-3(8(19)14(6)20)5(17)2(16)1-15/h2-3,5,8,11,15-17,19H,1H2,(H3,10,12,13,18)/q-1. The number of nitrogen functional groups attached to an aromatic ring is 1. The van der Waals surface area contributed by atoms with Gasteiger partial charge in [0, 0.05) is 0 Å². The van der Waals surface area contributed by atoms with Gasteiger partial charge in [0.05, 0.1) is 12.6 Å². The number of aromatic nitrogens is 2. The van der Waals surface area contributed by atoms with E-state index in [0.717, 1.165) is 0 Å². The highest BCUT2D eigenvalue weighted by atomic mass is 16.5. The van der Waals surface area contributed by atoms with E-state index in [1.807, 2.05) is 0 Å². The third-order valence-corrected chi connectivity index (χ3v) is 2.95. The summed E-state index contributed by atoms with van der Waals surface area (Å²) in [5.41, 5.74) is 4.23. The van der Waals surface area contributed by atoms with E-state index in [9.17, 15) is 25.3 Å². The predicted molar refractivity (Wildman–Crippen MR) is 67.6 cm³/mol. The van der Waals surface area contributed by atoms with E-state index in [2.05, 4.69) is 15.3 Å². The Bertz CT molecular complexity index is 550. The Morgan fingerprint density at radius 1 is 1.50 bits per heavy atom. The molecule has 1 aromatic rings. The van der Waals surface area contributed by atoms with Gasteiger partial charge >= 0.3 is 0 Å². The van der Waals surface area contributed by atoms with Gasteiger partial charge in [0.25, 0.3) is 5.56 Å². The summed E-state index contributed by atoms with van der Waals surface area (Å²) < 4.78 is 0. The minimum Gasteiger partial charge on any atom is -0.755 e. The number of nitrogens with one attached hydrogen (secondary N) is 2. The van der Waals surface area contributed by atoms with Crippen LogP contribution in [0.4, 0.5) is 17.5 Å². The number of fused-ring (bicyclic) bond motifs is 1. The molecule has 20 heavy (non-hydrogen) atoms. The molecule has 0 spiro atoms. The number of anilines is 3. The Labute approximate surface area is 111 Å². The maximum absolute atomic E-state index is 11.8. The number of rotatable bonds is 3. The first kappa shape index (κ1) is 14.5. The van der Waals surface area contributed by atoms with Crippen molar-refractivity contribution in [3.63, 3.8) is 0 Å². The first-order chi connectivity index (χ1) is 9.36. The third kappa shape index (κ3) is 2.28. The van der Waals surface area contributed by atoms with Crippen molar-refractivity contribution in [1.82, 2.24) is 9.97 Å². The molecule has 2 rings (SSSR count). The van der Waals surface area contributed by atoms with Crippen molar-refractivity contribution in [2.45, 2.75) is 24.5 Å². The Balaban J connectivity index is 2.41. The average molecular weight is 288 g/mol. The summed E-state index contributed by atoms with van der Waals surface area (Å²) in [4.78, 5) is 17.4. The molecule has 0 aliphatic carbocycles.